The van der Waals surface area contributed by atoms with Crippen LogP contribution in [0.4, 0.5) is 0 Å². The van der Waals surface area contributed by atoms with Gasteiger partial charge in [0.1, 0.15) is 0 Å². The van der Waals surface area contributed by atoms with E-state index in [-0.39, 0.29) is 0 Å². The molecule has 0 radical (unpaired) electrons. The third-order valence-corrected chi connectivity index (χ3v) is 3.58. The summed E-state index contributed by atoms with van der Waals surface area (Å²) in [6.45, 7) is 2.34. The summed E-state index contributed by atoms with van der Waals surface area (Å²) in [5.41, 5.74) is 1.46. The van der Waals surface area contributed by atoms with Gasteiger partial charge in [0, 0.05) is 25.5 Å². The van der Waals surface area contributed by atoms with Crippen LogP contribution in [0.2, 0.25) is 0 Å². The average Bonchev–Trinajstić information content (AvgIpc) is 2.66. The van der Waals surface area contributed by atoms with Crippen molar-refractivity contribution < 1.29 is 0 Å². The van der Waals surface area contributed by atoms with E-state index in [1.165, 1.54) is 31.5 Å². The molecule has 16 heavy (non-hydrogen) atoms. The summed E-state index contributed by atoms with van der Waals surface area (Å²) in [6, 6.07) is 2.83. The van der Waals surface area contributed by atoms with Crippen molar-refractivity contribution in [1.29, 1.82) is 0 Å². The van der Waals surface area contributed by atoms with Crippen molar-refractivity contribution >= 4 is 0 Å². The largest absolute Gasteiger partial charge is 0.357 e. The van der Waals surface area contributed by atoms with Crippen LogP contribution in [0.5, 0.6) is 0 Å². The van der Waals surface area contributed by atoms with Gasteiger partial charge in [0.2, 0.25) is 0 Å². The Balaban J connectivity index is 2.16. The zero-order chi connectivity index (χ0) is 11.5. The average molecular weight is 221 g/mol. The van der Waals surface area contributed by atoms with Gasteiger partial charge in [0.25, 0.3) is 0 Å². The third kappa shape index (κ3) is 2.47. The molecule has 1 N–H and O–H groups in total. The molecule has 2 rings (SSSR count). The third-order valence-electron chi connectivity index (χ3n) is 3.58. The zero-order valence-electron chi connectivity index (χ0n) is 10.6. The van der Waals surface area contributed by atoms with Gasteiger partial charge in [-0.25, -0.2) is 0 Å². The first-order valence-electron chi connectivity index (χ1n) is 6.17. The van der Waals surface area contributed by atoms with Crippen molar-refractivity contribution in [3.63, 3.8) is 0 Å². The van der Waals surface area contributed by atoms with Crippen LogP contribution in [0.15, 0.2) is 18.5 Å². The van der Waals surface area contributed by atoms with Gasteiger partial charge in [0.05, 0.1) is 0 Å². The highest BCUT2D eigenvalue weighted by atomic mass is 15.1. The number of nitrogens with one attached hydrogen (secondary N) is 1. The van der Waals surface area contributed by atoms with Gasteiger partial charge in [-0.3, -0.25) is 0 Å². The number of rotatable bonds is 3. The molecule has 1 unspecified atom stereocenters. The molecule has 0 aromatic carbocycles. The van der Waals surface area contributed by atoms with E-state index in [2.05, 4.69) is 54.4 Å². The van der Waals surface area contributed by atoms with Crippen LogP contribution in [-0.4, -0.2) is 36.7 Å². The van der Waals surface area contributed by atoms with Crippen molar-refractivity contribution in [3.8, 4) is 0 Å². The van der Waals surface area contributed by atoms with Crippen LogP contribution >= 0.6 is 0 Å². The van der Waals surface area contributed by atoms with E-state index < -0.39 is 0 Å². The van der Waals surface area contributed by atoms with Crippen molar-refractivity contribution in [3.05, 3.63) is 24.0 Å². The van der Waals surface area contributed by atoms with Gasteiger partial charge in [-0.15, -0.1) is 0 Å². The van der Waals surface area contributed by atoms with Crippen LogP contribution in [0, 0.1) is 5.92 Å². The second-order valence-corrected chi connectivity index (χ2v) is 5.11. The Kier molecular flexibility index (Phi) is 3.66. The molecular weight excluding hydrogens is 198 g/mol. The van der Waals surface area contributed by atoms with Gasteiger partial charge >= 0.3 is 0 Å². The van der Waals surface area contributed by atoms with Gasteiger partial charge in [0.15, 0.2) is 0 Å². The van der Waals surface area contributed by atoms with Crippen LogP contribution in [0.3, 0.4) is 0 Å². The topological polar surface area (TPSA) is 20.2 Å². The van der Waals surface area contributed by atoms with E-state index in [1.807, 2.05) is 0 Å². The van der Waals surface area contributed by atoms with Crippen LogP contribution in [-0.2, 0) is 7.05 Å². The Morgan fingerprint density at radius 3 is 2.56 bits per heavy atom. The smallest absolute Gasteiger partial charge is 0.0386 e. The molecule has 1 aromatic heterocycles. The minimum atomic E-state index is 0.573. The van der Waals surface area contributed by atoms with E-state index in [0.29, 0.717) is 6.04 Å². The maximum atomic E-state index is 3.44. The normalized spacial score (nSPS) is 20.2. The Morgan fingerprint density at radius 1 is 1.38 bits per heavy atom. The number of nitrogens with zero attached hydrogens (tertiary/aromatic N) is 2. The van der Waals surface area contributed by atoms with Gasteiger partial charge < -0.3 is 14.8 Å². The Morgan fingerprint density at radius 2 is 2.06 bits per heavy atom. The van der Waals surface area contributed by atoms with Crippen molar-refractivity contribution in [2.24, 2.45) is 13.0 Å². The fraction of sp³-hybridized carbons (Fsp3) is 0.692. The standard InChI is InChI=1S/C13H23N3/c1-15(2)13(11-4-7-14-8-5-11)12-6-9-16(3)10-12/h6,9-11,13-14H,4-5,7-8H2,1-3H3. The number of aromatic nitrogens is 1. The molecule has 1 aliphatic rings. The van der Waals surface area contributed by atoms with Crippen molar-refractivity contribution in [1.82, 2.24) is 14.8 Å². The monoisotopic (exact) mass is 221 g/mol. The Bertz CT molecular complexity index is 324. The molecule has 0 bridgehead atoms. The highest BCUT2D eigenvalue weighted by Crippen LogP contribution is 2.32. The highest BCUT2D eigenvalue weighted by molar-refractivity contribution is 5.16. The highest BCUT2D eigenvalue weighted by Gasteiger charge is 2.26. The first-order chi connectivity index (χ1) is 7.68. The van der Waals surface area contributed by atoms with Crippen LogP contribution < -0.4 is 5.32 Å². The second-order valence-electron chi connectivity index (χ2n) is 5.11. The molecular formula is C13H23N3. The van der Waals surface area contributed by atoms with E-state index >= 15 is 0 Å². The number of hydrogen-bond acceptors (Lipinski definition) is 2. The lowest BCUT2D eigenvalue weighted by molar-refractivity contribution is 0.177. The molecule has 1 saturated heterocycles. The minimum absolute atomic E-state index is 0.573. The summed E-state index contributed by atoms with van der Waals surface area (Å²) in [5, 5.41) is 3.44. The summed E-state index contributed by atoms with van der Waals surface area (Å²) >= 11 is 0. The Hall–Kier alpha value is -0.800. The molecule has 0 saturated carbocycles. The summed E-state index contributed by atoms with van der Waals surface area (Å²) in [5.74, 6) is 0.790. The van der Waals surface area contributed by atoms with Crippen LogP contribution in [0.25, 0.3) is 0 Å². The summed E-state index contributed by atoms with van der Waals surface area (Å²) < 4.78 is 2.15. The van der Waals surface area contributed by atoms with E-state index in [9.17, 15) is 0 Å². The fourth-order valence-electron chi connectivity index (χ4n) is 2.85. The minimum Gasteiger partial charge on any atom is -0.357 e. The van der Waals surface area contributed by atoms with Gasteiger partial charge in [-0.05, 0) is 57.6 Å². The summed E-state index contributed by atoms with van der Waals surface area (Å²) in [7, 11) is 6.48. The molecule has 1 aliphatic heterocycles. The quantitative estimate of drug-likeness (QED) is 0.837. The molecule has 1 aromatic rings. The first kappa shape index (κ1) is 11.7. The lowest BCUT2D eigenvalue weighted by atomic mass is 9.86. The number of piperidine rings is 1. The number of aryl methyl sites for hydroxylation is 1. The van der Waals surface area contributed by atoms with Gasteiger partial charge in [-0.1, -0.05) is 0 Å². The second kappa shape index (κ2) is 5.02. The Labute approximate surface area is 98.4 Å². The fourth-order valence-corrected chi connectivity index (χ4v) is 2.85. The van der Waals surface area contributed by atoms with E-state index in [1.54, 1.807) is 0 Å². The molecule has 0 spiro atoms. The van der Waals surface area contributed by atoms with E-state index in [4.69, 9.17) is 0 Å². The molecule has 3 nitrogen and oxygen atoms in total. The molecule has 2 heterocycles. The lowest BCUT2D eigenvalue weighted by Gasteiger charge is -2.34. The lowest BCUT2D eigenvalue weighted by Crippen LogP contribution is -2.35. The molecule has 3 heteroatoms. The SMILES string of the molecule is CN(C)C(c1ccn(C)c1)C1CCNCC1. The number of hydrogen-bond donors (Lipinski definition) is 1. The summed E-state index contributed by atoms with van der Waals surface area (Å²) in [4.78, 5) is 2.37. The molecule has 90 valence electrons. The molecule has 0 amide bonds. The molecule has 1 atom stereocenters. The van der Waals surface area contributed by atoms with Gasteiger partial charge in [-0.2, -0.15) is 0 Å². The zero-order valence-corrected chi connectivity index (χ0v) is 10.6. The van der Waals surface area contributed by atoms with Crippen molar-refractivity contribution in [2.45, 2.75) is 18.9 Å². The predicted octanol–water partition coefficient (Wildman–Crippen LogP) is 1.63. The van der Waals surface area contributed by atoms with Crippen LogP contribution in [0.1, 0.15) is 24.4 Å². The van der Waals surface area contributed by atoms with Crippen molar-refractivity contribution in [2.75, 3.05) is 27.2 Å². The molecule has 0 aliphatic carbocycles. The predicted molar refractivity (Wildman–Crippen MR) is 67.4 cm³/mol. The maximum absolute atomic E-state index is 3.44. The maximum Gasteiger partial charge on any atom is 0.0386 e. The molecule has 1 fully saturated rings. The van der Waals surface area contributed by atoms with E-state index in [0.717, 1.165) is 5.92 Å². The summed E-state index contributed by atoms with van der Waals surface area (Å²) in [6.07, 6.45) is 6.98. The first-order valence-corrected chi connectivity index (χ1v) is 6.17.